The molecule has 0 aliphatic heterocycles. The molecule has 0 aromatic rings. The Bertz CT molecular complexity index is 281. The fourth-order valence-corrected chi connectivity index (χ4v) is 2.51. The van der Waals surface area contributed by atoms with Crippen molar-refractivity contribution < 1.29 is 9.53 Å². The summed E-state index contributed by atoms with van der Waals surface area (Å²) in [6.45, 7) is 5.62. The first-order valence-corrected chi connectivity index (χ1v) is 9.29. The van der Waals surface area contributed by atoms with E-state index < -0.39 is 0 Å². The molecule has 0 aromatic carbocycles. The number of carbonyl (C=O) groups is 1. The van der Waals surface area contributed by atoms with E-state index >= 15 is 0 Å². The van der Waals surface area contributed by atoms with Crippen LogP contribution in [0.15, 0.2) is 25.0 Å². The monoisotopic (exact) mass is 308 g/mol. The first kappa shape index (κ1) is 20.9. The van der Waals surface area contributed by atoms with Gasteiger partial charge in [-0.2, -0.15) is 0 Å². The molecular formula is C20H36O2. The highest BCUT2D eigenvalue weighted by Crippen LogP contribution is 2.12. The quantitative estimate of drug-likeness (QED) is 0.137. The van der Waals surface area contributed by atoms with Gasteiger partial charge in [-0.3, -0.25) is 0 Å². The van der Waals surface area contributed by atoms with Crippen LogP contribution in [0.1, 0.15) is 96.8 Å². The maximum Gasteiger partial charge on any atom is 0.334 e. The van der Waals surface area contributed by atoms with Gasteiger partial charge in [-0.1, -0.05) is 90.6 Å². The molecule has 0 aromatic heterocycles. The first-order valence-electron chi connectivity index (χ1n) is 9.29. The molecule has 0 unspecified atom stereocenters. The molecule has 2 heteroatoms. The average molecular weight is 309 g/mol. The van der Waals surface area contributed by atoms with E-state index in [2.05, 4.69) is 13.5 Å². The Morgan fingerprint density at radius 3 is 1.73 bits per heavy atom. The standard InChI is InChI=1S/C20H36O2/c1-3-5-6-7-8-9-10-11-12-13-14-15-16-17-18-19-22-20(21)4-2/h4,18-19H,2-3,5-17H2,1H3/b19-18+. The summed E-state index contributed by atoms with van der Waals surface area (Å²) in [6, 6.07) is 0. The van der Waals surface area contributed by atoms with Gasteiger partial charge in [0, 0.05) is 6.08 Å². The lowest BCUT2D eigenvalue weighted by Crippen LogP contribution is -1.91. The molecule has 0 atom stereocenters. The van der Waals surface area contributed by atoms with Crippen LogP contribution in [0.2, 0.25) is 0 Å². The molecule has 0 bridgehead atoms. The van der Waals surface area contributed by atoms with Crippen LogP contribution >= 0.6 is 0 Å². The Morgan fingerprint density at radius 1 is 0.818 bits per heavy atom. The smallest absolute Gasteiger partial charge is 0.334 e. The van der Waals surface area contributed by atoms with Gasteiger partial charge in [-0.05, 0) is 18.9 Å². The van der Waals surface area contributed by atoms with Crippen molar-refractivity contribution in [3.8, 4) is 0 Å². The normalized spacial score (nSPS) is 11.0. The van der Waals surface area contributed by atoms with Gasteiger partial charge in [-0.15, -0.1) is 0 Å². The van der Waals surface area contributed by atoms with Gasteiger partial charge in [0.1, 0.15) is 0 Å². The van der Waals surface area contributed by atoms with Gasteiger partial charge in [-0.25, -0.2) is 4.79 Å². The fourth-order valence-electron chi connectivity index (χ4n) is 2.51. The molecule has 0 rings (SSSR count). The predicted octanol–water partition coefficient (Wildman–Crippen LogP) is 6.71. The van der Waals surface area contributed by atoms with Crippen LogP contribution in [-0.4, -0.2) is 5.97 Å². The Balaban J connectivity index is 3.08. The van der Waals surface area contributed by atoms with E-state index in [9.17, 15) is 4.79 Å². The number of ether oxygens (including phenoxy) is 1. The highest BCUT2D eigenvalue weighted by Gasteiger charge is 1.93. The molecule has 22 heavy (non-hydrogen) atoms. The van der Waals surface area contributed by atoms with Crippen molar-refractivity contribution in [2.75, 3.05) is 0 Å². The van der Waals surface area contributed by atoms with Crippen LogP contribution < -0.4 is 0 Å². The van der Waals surface area contributed by atoms with Gasteiger partial charge in [0.25, 0.3) is 0 Å². The third-order valence-electron chi connectivity index (χ3n) is 3.92. The van der Waals surface area contributed by atoms with Crippen molar-refractivity contribution in [3.63, 3.8) is 0 Å². The highest BCUT2D eigenvalue weighted by atomic mass is 16.5. The molecular weight excluding hydrogens is 272 g/mol. The minimum absolute atomic E-state index is 0.387. The molecule has 2 nitrogen and oxygen atoms in total. The molecule has 0 radical (unpaired) electrons. The highest BCUT2D eigenvalue weighted by molar-refractivity contribution is 5.81. The second-order valence-corrected chi connectivity index (χ2v) is 6.04. The summed E-state index contributed by atoms with van der Waals surface area (Å²) in [6.07, 6.45) is 23.4. The van der Waals surface area contributed by atoms with Crippen molar-refractivity contribution >= 4 is 5.97 Å². The summed E-state index contributed by atoms with van der Waals surface area (Å²) < 4.78 is 4.77. The Labute approximate surface area is 138 Å². The van der Waals surface area contributed by atoms with E-state index in [0.29, 0.717) is 0 Å². The summed E-state index contributed by atoms with van der Waals surface area (Å²) >= 11 is 0. The first-order chi connectivity index (χ1) is 10.8. The summed E-state index contributed by atoms with van der Waals surface area (Å²) in [5, 5.41) is 0. The maximum atomic E-state index is 10.8. The zero-order valence-corrected chi connectivity index (χ0v) is 14.7. The molecule has 0 heterocycles. The Morgan fingerprint density at radius 2 is 1.27 bits per heavy atom. The lowest BCUT2D eigenvalue weighted by atomic mass is 10.0. The van der Waals surface area contributed by atoms with E-state index in [1.807, 2.05) is 6.08 Å². The van der Waals surface area contributed by atoms with E-state index in [4.69, 9.17) is 4.74 Å². The molecule has 0 amide bonds. The van der Waals surface area contributed by atoms with Crippen molar-refractivity contribution in [2.24, 2.45) is 0 Å². The topological polar surface area (TPSA) is 26.3 Å². The third-order valence-corrected chi connectivity index (χ3v) is 3.92. The van der Waals surface area contributed by atoms with Crippen LogP contribution in [0.4, 0.5) is 0 Å². The van der Waals surface area contributed by atoms with Gasteiger partial charge >= 0.3 is 5.97 Å². The van der Waals surface area contributed by atoms with Gasteiger partial charge < -0.3 is 4.74 Å². The summed E-state index contributed by atoms with van der Waals surface area (Å²) in [4.78, 5) is 10.8. The minimum Gasteiger partial charge on any atom is -0.432 e. The summed E-state index contributed by atoms with van der Waals surface area (Å²) in [5.41, 5.74) is 0. The Kier molecular flexibility index (Phi) is 17.1. The second-order valence-electron chi connectivity index (χ2n) is 6.04. The maximum absolute atomic E-state index is 10.8. The molecule has 0 spiro atoms. The molecule has 0 aliphatic carbocycles. The average Bonchev–Trinajstić information content (AvgIpc) is 2.54. The van der Waals surface area contributed by atoms with E-state index in [1.54, 1.807) is 0 Å². The third kappa shape index (κ3) is 17.0. The van der Waals surface area contributed by atoms with Crippen molar-refractivity contribution in [2.45, 2.75) is 96.8 Å². The van der Waals surface area contributed by atoms with Crippen LogP contribution in [0.5, 0.6) is 0 Å². The van der Waals surface area contributed by atoms with E-state index in [0.717, 1.165) is 6.42 Å². The molecule has 0 saturated carbocycles. The number of unbranched alkanes of at least 4 members (excludes halogenated alkanes) is 13. The van der Waals surface area contributed by atoms with Crippen LogP contribution in [-0.2, 0) is 9.53 Å². The van der Waals surface area contributed by atoms with Gasteiger partial charge in [0.2, 0.25) is 0 Å². The summed E-state index contributed by atoms with van der Waals surface area (Å²) in [5.74, 6) is -0.387. The van der Waals surface area contributed by atoms with Crippen molar-refractivity contribution in [3.05, 3.63) is 25.0 Å². The van der Waals surface area contributed by atoms with Gasteiger partial charge in [0.05, 0.1) is 6.26 Å². The van der Waals surface area contributed by atoms with Crippen molar-refractivity contribution in [1.29, 1.82) is 0 Å². The SMILES string of the molecule is C=CC(=O)O/C=C/CCCCCCCCCCCCCCC. The molecule has 128 valence electrons. The van der Waals surface area contributed by atoms with Crippen molar-refractivity contribution in [1.82, 2.24) is 0 Å². The lowest BCUT2D eigenvalue weighted by molar-refractivity contribution is -0.132. The number of hydrogen-bond acceptors (Lipinski definition) is 2. The van der Waals surface area contributed by atoms with Gasteiger partial charge in [0.15, 0.2) is 0 Å². The second kappa shape index (κ2) is 18.0. The predicted molar refractivity (Wildman–Crippen MR) is 95.7 cm³/mol. The minimum atomic E-state index is -0.387. The van der Waals surface area contributed by atoms with Crippen LogP contribution in [0, 0.1) is 0 Å². The zero-order valence-electron chi connectivity index (χ0n) is 14.7. The molecule has 0 N–H and O–H groups in total. The largest absolute Gasteiger partial charge is 0.432 e. The molecule has 0 saturated heterocycles. The van der Waals surface area contributed by atoms with Crippen LogP contribution in [0.25, 0.3) is 0 Å². The fraction of sp³-hybridized carbons (Fsp3) is 0.750. The summed E-state index contributed by atoms with van der Waals surface area (Å²) in [7, 11) is 0. The Hall–Kier alpha value is -1.05. The lowest BCUT2D eigenvalue weighted by Gasteiger charge is -2.02. The van der Waals surface area contributed by atoms with Crippen LogP contribution in [0.3, 0.4) is 0 Å². The zero-order chi connectivity index (χ0) is 16.3. The molecule has 0 fully saturated rings. The van der Waals surface area contributed by atoms with E-state index in [1.165, 1.54) is 95.8 Å². The number of rotatable bonds is 16. The van der Waals surface area contributed by atoms with E-state index in [-0.39, 0.29) is 5.97 Å². The number of esters is 1. The number of allylic oxidation sites excluding steroid dienone is 1. The molecule has 0 aliphatic rings. The number of hydrogen-bond donors (Lipinski definition) is 0. The number of carbonyl (C=O) groups excluding carboxylic acids is 1.